The lowest BCUT2D eigenvalue weighted by atomic mass is 10.1. The Balaban J connectivity index is 1.69. The molecule has 26 heavy (non-hydrogen) atoms. The van der Waals surface area contributed by atoms with E-state index in [0.29, 0.717) is 0 Å². The van der Waals surface area contributed by atoms with Gasteiger partial charge in [0.25, 0.3) is 5.91 Å². The monoisotopic (exact) mass is 383 g/mol. The molecule has 1 heterocycles. The Morgan fingerprint density at radius 1 is 1.15 bits per heavy atom. The summed E-state index contributed by atoms with van der Waals surface area (Å²) in [7, 11) is 0. The molecule has 1 amide bonds. The highest BCUT2D eigenvalue weighted by atomic mass is 32.2. The Bertz CT molecular complexity index is 873. The van der Waals surface area contributed by atoms with Crippen LogP contribution in [0.2, 0.25) is 0 Å². The predicted octanol–water partition coefficient (Wildman–Crippen LogP) is 5.10. The Kier molecular flexibility index (Phi) is 6.41. The second-order valence-electron chi connectivity index (χ2n) is 5.72. The van der Waals surface area contributed by atoms with Crippen LogP contribution in [0.25, 0.3) is 10.2 Å². The fourth-order valence-corrected chi connectivity index (χ4v) is 4.75. The molecule has 0 aliphatic heterocycles. The van der Waals surface area contributed by atoms with Gasteiger partial charge in [0.2, 0.25) is 0 Å². The summed E-state index contributed by atoms with van der Waals surface area (Å²) in [4.78, 5) is 17.2. The molecule has 0 bridgehead atoms. The van der Waals surface area contributed by atoms with Crippen LogP contribution in [0.1, 0.15) is 32.3 Å². The Morgan fingerprint density at radius 2 is 1.88 bits per heavy atom. The number of para-hydroxylation sites is 1. The van der Waals surface area contributed by atoms with E-state index in [-0.39, 0.29) is 11.2 Å². The van der Waals surface area contributed by atoms with E-state index in [1.165, 1.54) is 11.8 Å². The summed E-state index contributed by atoms with van der Waals surface area (Å²) < 4.78 is 2.05. The van der Waals surface area contributed by atoms with Crippen LogP contribution in [-0.2, 0) is 4.79 Å². The zero-order valence-corrected chi connectivity index (χ0v) is 16.4. The topological polar surface area (TPSA) is 54.4 Å². The van der Waals surface area contributed by atoms with E-state index in [4.69, 9.17) is 0 Å². The lowest BCUT2D eigenvalue weighted by Crippen LogP contribution is -2.29. The number of hydrazone groups is 1. The molecule has 1 aromatic heterocycles. The lowest BCUT2D eigenvalue weighted by Gasteiger charge is -2.11. The number of nitrogens with zero attached hydrogens (tertiary/aromatic N) is 2. The smallest absolute Gasteiger partial charge is 0.253 e. The number of hydrogen-bond donors (Lipinski definition) is 1. The number of aromatic nitrogens is 1. The van der Waals surface area contributed by atoms with Gasteiger partial charge in [0.05, 0.1) is 21.2 Å². The first-order chi connectivity index (χ1) is 12.7. The average molecular weight is 384 g/mol. The molecule has 4 nitrogen and oxygen atoms in total. The van der Waals surface area contributed by atoms with E-state index in [9.17, 15) is 4.79 Å². The number of rotatable bonds is 7. The van der Waals surface area contributed by atoms with Crippen molar-refractivity contribution in [2.45, 2.75) is 36.3 Å². The van der Waals surface area contributed by atoms with Gasteiger partial charge in [-0.2, -0.15) is 5.10 Å². The van der Waals surface area contributed by atoms with Crippen LogP contribution >= 0.6 is 23.1 Å². The standard InChI is InChI=1S/C20H21N3OS2/c1-3-15(14-10-6-5-7-11-14)22-23-19(24)17(4-2)25-20-21-16-12-8-9-13-18(16)26-20/h5-13,17H,3-4H2,1-2H3,(H,23,24)/b22-15-/t17-/m1/s1. The largest absolute Gasteiger partial charge is 0.272 e. The number of amides is 1. The van der Waals surface area contributed by atoms with Crippen molar-refractivity contribution >= 4 is 44.9 Å². The summed E-state index contributed by atoms with van der Waals surface area (Å²) in [5.74, 6) is -0.0846. The highest BCUT2D eigenvalue weighted by molar-refractivity contribution is 8.02. The summed E-state index contributed by atoms with van der Waals surface area (Å²) in [6.45, 7) is 4.04. The molecular formula is C20H21N3OS2. The third kappa shape index (κ3) is 4.51. The fourth-order valence-electron chi connectivity index (χ4n) is 2.52. The summed E-state index contributed by atoms with van der Waals surface area (Å²) in [5.41, 5.74) is 5.62. The van der Waals surface area contributed by atoms with Crippen LogP contribution in [-0.4, -0.2) is 21.9 Å². The molecule has 1 atom stereocenters. The van der Waals surface area contributed by atoms with E-state index in [1.807, 2.05) is 62.4 Å². The molecule has 0 saturated carbocycles. The maximum Gasteiger partial charge on any atom is 0.253 e. The molecule has 0 saturated heterocycles. The van der Waals surface area contributed by atoms with Crippen molar-refractivity contribution in [1.82, 2.24) is 10.4 Å². The number of carbonyl (C=O) groups is 1. The van der Waals surface area contributed by atoms with Gasteiger partial charge in [0.15, 0.2) is 4.34 Å². The molecule has 6 heteroatoms. The van der Waals surface area contributed by atoms with Crippen molar-refractivity contribution in [2.75, 3.05) is 0 Å². The number of benzene rings is 2. The van der Waals surface area contributed by atoms with Crippen LogP contribution in [0.15, 0.2) is 64.0 Å². The van der Waals surface area contributed by atoms with Crippen LogP contribution in [0, 0.1) is 0 Å². The number of nitrogens with one attached hydrogen (secondary N) is 1. The quantitative estimate of drug-likeness (QED) is 0.351. The van der Waals surface area contributed by atoms with E-state index in [0.717, 1.165) is 38.7 Å². The summed E-state index contributed by atoms with van der Waals surface area (Å²) >= 11 is 3.12. The van der Waals surface area contributed by atoms with Gasteiger partial charge in [-0.15, -0.1) is 11.3 Å². The Labute approximate surface area is 161 Å². The number of thiazole rings is 1. The van der Waals surface area contributed by atoms with Crippen molar-refractivity contribution in [3.05, 3.63) is 60.2 Å². The minimum absolute atomic E-state index is 0.0846. The summed E-state index contributed by atoms with van der Waals surface area (Å²) in [6.07, 6.45) is 1.47. The molecule has 0 aliphatic carbocycles. The Morgan fingerprint density at radius 3 is 2.58 bits per heavy atom. The molecule has 0 radical (unpaired) electrons. The van der Waals surface area contributed by atoms with Crippen molar-refractivity contribution < 1.29 is 4.79 Å². The molecule has 0 fully saturated rings. The van der Waals surface area contributed by atoms with Gasteiger partial charge in [-0.25, -0.2) is 10.4 Å². The molecule has 0 aliphatic rings. The lowest BCUT2D eigenvalue weighted by molar-refractivity contribution is -0.120. The Hall–Kier alpha value is -2.18. The second kappa shape index (κ2) is 8.96. The van der Waals surface area contributed by atoms with Crippen molar-refractivity contribution in [3.63, 3.8) is 0 Å². The number of fused-ring (bicyclic) bond motifs is 1. The molecule has 1 N–H and O–H groups in total. The van der Waals surface area contributed by atoms with Gasteiger partial charge in [-0.3, -0.25) is 4.79 Å². The molecule has 0 unspecified atom stereocenters. The van der Waals surface area contributed by atoms with E-state index >= 15 is 0 Å². The van der Waals surface area contributed by atoms with Crippen LogP contribution in [0.4, 0.5) is 0 Å². The van der Waals surface area contributed by atoms with E-state index < -0.39 is 0 Å². The SMILES string of the molecule is CC/C(=N/NC(=O)[C@@H](CC)Sc1nc2ccccc2s1)c1ccccc1. The maximum absolute atomic E-state index is 12.6. The van der Waals surface area contributed by atoms with Gasteiger partial charge in [-0.05, 0) is 30.5 Å². The highest BCUT2D eigenvalue weighted by Crippen LogP contribution is 2.33. The first kappa shape index (κ1) is 18.6. The van der Waals surface area contributed by atoms with Crippen LogP contribution in [0.5, 0.6) is 0 Å². The van der Waals surface area contributed by atoms with Gasteiger partial charge in [-0.1, -0.05) is 68.1 Å². The second-order valence-corrected chi connectivity index (χ2v) is 8.20. The first-order valence-corrected chi connectivity index (χ1v) is 10.3. The van der Waals surface area contributed by atoms with Gasteiger partial charge in [0.1, 0.15) is 0 Å². The molecule has 134 valence electrons. The average Bonchev–Trinajstić information content (AvgIpc) is 3.09. The normalized spacial score (nSPS) is 12.9. The minimum atomic E-state index is -0.215. The predicted molar refractivity (Wildman–Crippen MR) is 111 cm³/mol. The van der Waals surface area contributed by atoms with Gasteiger partial charge in [0, 0.05) is 0 Å². The minimum Gasteiger partial charge on any atom is -0.272 e. The van der Waals surface area contributed by atoms with Crippen LogP contribution < -0.4 is 5.43 Å². The number of carbonyl (C=O) groups excluding carboxylic acids is 1. The maximum atomic E-state index is 12.6. The highest BCUT2D eigenvalue weighted by Gasteiger charge is 2.20. The fraction of sp³-hybridized carbons (Fsp3) is 0.250. The van der Waals surface area contributed by atoms with Gasteiger partial charge < -0.3 is 0 Å². The first-order valence-electron chi connectivity index (χ1n) is 8.65. The van der Waals surface area contributed by atoms with Crippen molar-refractivity contribution in [3.8, 4) is 0 Å². The number of hydrogen-bond acceptors (Lipinski definition) is 5. The molecule has 3 rings (SSSR count). The van der Waals surface area contributed by atoms with E-state index in [1.54, 1.807) is 11.3 Å². The van der Waals surface area contributed by atoms with Crippen molar-refractivity contribution in [1.29, 1.82) is 0 Å². The molecule has 3 aromatic rings. The zero-order chi connectivity index (χ0) is 18.4. The summed E-state index contributed by atoms with van der Waals surface area (Å²) in [6, 6.07) is 17.9. The van der Waals surface area contributed by atoms with E-state index in [2.05, 4.69) is 21.6 Å². The molecule has 2 aromatic carbocycles. The molecule has 0 spiro atoms. The van der Waals surface area contributed by atoms with Crippen LogP contribution in [0.3, 0.4) is 0 Å². The number of thioether (sulfide) groups is 1. The van der Waals surface area contributed by atoms with Gasteiger partial charge >= 0.3 is 0 Å². The third-order valence-corrected chi connectivity index (χ3v) is 6.42. The van der Waals surface area contributed by atoms with Crippen molar-refractivity contribution in [2.24, 2.45) is 5.10 Å². The third-order valence-electron chi connectivity index (χ3n) is 3.92. The zero-order valence-electron chi connectivity index (χ0n) is 14.8. The molecular weight excluding hydrogens is 362 g/mol. The summed E-state index contributed by atoms with van der Waals surface area (Å²) in [5, 5.41) is 4.14.